The van der Waals surface area contributed by atoms with Crippen molar-refractivity contribution in [2.45, 2.75) is 39.2 Å². The van der Waals surface area contributed by atoms with Crippen LogP contribution in [0.3, 0.4) is 0 Å². The molecule has 1 aliphatic carbocycles. The highest BCUT2D eigenvalue weighted by Gasteiger charge is 2.25. The number of nitrogens with two attached hydrogens (primary N) is 1. The Hall–Kier alpha value is -0.700. The molecule has 0 spiro atoms. The van der Waals surface area contributed by atoms with Crippen molar-refractivity contribution in [3.63, 3.8) is 0 Å². The van der Waals surface area contributed by atoms with Gasteiger partial charge in [-0.25, -0.2) is 0 Å². The second kappa shape index (κ2) is 5.30. The predicted octanol–water partition coefficient (Wildman–Crippen LogP) is 4.23. The highest BCUT2D eigenvalue weighted by molar-refractivity contribution is 9.10. The molecule has 2 N–H and O–H groups in total. The smallest absolute Gasteiger partial charge is 0.135 e. The van der Waals surface area contributed by atoms with Crippen LogP contribution in [-0.2, 0) is 0 Å². The summed E-state index contributed by atoms with van der Waals surface area (Å²) in [5, 5.41) is 0. The molecule has 0 radical (unpaired) electrons. The van der Waals surface area contributed by atoms with E-state index in [0.717, 1.165) is 40.6 Å². The van der Waals surface area contributed by atoms with E-state index in [4.69, 9.17) is 10.5 Å². The van der Waals surface area contributed by atoms with Gasteiger partial charge in [-0.15, -0.1) is 0 Å². The molecule has 0 amide bonds. The van der Waals surface area contributed by atoms with E-state index >= 15 is 0 Å². The third kappa shape index (κ3) is 3.15. The van der Waals surface area contributed by atoms with Gasteiger partial charge in [-0.1, -0.05) is 19.9 Å². The Morgan fingerprint density at radius 3 is 2.47 bits per heavy atom. The summed E-state index contributed by atoms with van der Waals surface area (Å²) in [6.07, 6.45) is 3.93. The highest BCUT2D eigenvalue weighted by Crippen LogP contribution is 2.35. The second-order valence-corrected chi connectivity index (χ2v) is 6.11. The average Bonchev–Trinajstić information content (AvgIpc) is 2.23. The van der Waals surface area contributed by atoms with E-state index in [-0.39, 0.29) is 0 Å². The molecular formula is C14H20BrNO. The Labute approximate surface area is 112 Å². The first-order valence-electron chi connectivity index (χ1n) is 6.27. The maximum atomic E-state index is 6.08. The summed E-state index contributed by atoms with van der Waals surface area (Å²) in [6.45, 7) is 4.61. The minimum absolute atomic E-state index is 0.326. The minimum atomic E-state index is 0.326. The largest absolute Gasteiger partial charge is 0.489 e. The van der Waals surface area contributed by atoms with E-state index in [9.17, 15) is 0 Å². The van der Waals surface area contributed by atoms with Gasteiger partial charge in [0.2, 0.25) is 0 Å². The normalized spacial score (nSPS) is 29.0. The van der Waals surface area contributed by atoms with E-state index in [1.54, 1.807) is 0 Å². The number of benzene rings is 1. The molecule has 17 heavy (non-hydrogen) atoms. The zero-order chi connectivity index (χ0) is 12.4. The van der Waals surface area contributed by atoms with Crippen LogP contribution in [-0.4, -0.2) is 6.10 Å². The molecule has 0 bridgehead atoms. The number of hydrogen-bond acceptors (Lipinski definition) is 2. The molecule has 3 heteroatoms. The first-order chi connectivity index (χ1) is 8.06. The first kappa shape index (κ1) is 12.7. The van der Waals surface area contributed by atoms with Crippen molar-refractivity contribution in [1.82, 2.24) is 0 Å². The van der Waals surface area contributed by atoms with Crippen LogP contribution in [0, 0.1) is 11.8 Å². The summed E-state index contributed by atoms with van der Waals surface area (Å²) >= 11 is 3.49. The van der Waals surface area contributed by atoms with Crippen LogP contribution in [0.1, 0.15) is 33.1 Å². The van der Waals surface area contributed by atoms with Crippen molar-refractivity contribution in [3.8, 4) is 5.75 Å². The monoisotopic (exact) mass is 297 g/mol. The van der Waals surface area contributed by atoms with Gasteiger partial charge in [0.1, 0.15) is 5.75 Å². The van der Waals surface area contributed by atoms with Crippen LogP contribution < -0.4 is 10.5 Å². The van der Waals surface area contributed by atoms with Crippen molar-refractivity contribution in [1.29, 1.82) is 0 Å². The molecule has 2 unspecified atom stereocenters. The molecule has 1 aliphatic rings. The molecular weight excluding hydrogens is 278 g/mol. The number of ether oxygens (including phenoxy) is 1. The van der Waals surface area contributed by atoms with Gasteiger partial charge in [-0.2, -0.15) is 0 Å². The fraction of sp³-hybridized carbons (Fsp3) is 0.571. The molecule has 2 nitrogen and oxygen atoms in total. The van der Waals surface area contributed by atoms with Crippen molar-refractivity contribution >= 4 is 21.6 Å². The fourth-order valence-electron chi connectivity index (χ4n) is 2.77. The molecule has 1 aromatic rings. The number of anilines is 1. The average molecular weight is 298 g/mol. The van der Waals surface area contributed by atoms with Crippen LogP contribution in [0.4, 0.5) is 5.69 Å². The molecule has 0 saturated heterocycles. The zero-order valence-corrected chi connectivity index (χ0v) is 12.0. The van der Waals surface area contributed by atoms with Gasteiger partial charge in [-0.05, 0) is 59.2 Å². The van der Waals surface area contributed by atoms with Gasteiger partial charge < -0.3 is 10.5 Å². The molecule has 1 aromatic carbocycles. The Kier molecular flexibility index (Phi) is 3.97. The fourth-order valence-corrected chi connectivity index (χ4v) is 3.13. The third-order valence-electron chi connectivity index (χ3n) is 3.42. The summed E-state index contributed by atoms with van der Waals surface area (Å²) < 4.78 is 6.96. The molecule has 94 valence electrons. The van der Waals surface area contributed by atoms with Crippen LogP contribution in [0.25, 0.3) is 0 Å². The standard InChI is InChI=1S/C14H20BrNO/c1-9-6-10(2)8-11(7-9)17-13-5-3-4-12(16)14(13)15/h3-5,9-11H,6-8,16H2,1-2H3. The lowest BCUT2D eigenvalue weighted by Crippen LogP contribution is -2.28. The van der Waals surface area contributed by atoms with Crippen LogP contribution >= 0.6 is 15.9 Å². The van der Waals surface area contributed by atoms with Gasteiger partial charge in [0, 0.05) is 5.69 Å². The Bertz CT molecular complexity index is 384. The predicted molar refractivity (Wildman–Crippen MR) is 75.1 cm³/mol. The Morgan fingerprint density at radius 2 is 1.82 bits per heavy atom. The molecule has 0 aliphatic heterocycles. The minimum Gasteiger partial charge on any atom is -0.489 e. The number of nitrogen functional groups attached to an aromatic ring is 1. The number of halogens is 1. The number of rotatable bonds is 2. The number of hydrogen-bond donors (Lipinski definition) is 1. The Balaban J connectivity index is 2.07. The molecule has 0 heterocycles. The molecule has 1 saturated carbocycles. The molecule has 1 fully saturated rings. The lowest BCUT2D eigenvalue weighted by molar-refractivity contribution is 0.100. The molecule has 0 aromatic heterocycles. The summed E-state index contributed by atoms with van der Waals surface area (Å²) in [5.41, 5.74) is 6.59. The summed E-state index contributed by atoms with van der Waals surface area (Å²) in [4.78, 5) is 0. The topological polar surface area (TPSA) is 35.2 Å². The quantitative estimate of drug-likeness (QED) is 0.829. The summed E-state index contributed by atoms with van der Waals surface area (Å²) in [7, 11) is 0. The van der Waals surface area contributed by atoms with Gasteiger partial charge in [0.25, 0.3) is 0 Å². The Morgan fingerprint density at radius 1 is 1.18 bits per heavy atom. The van der Waals surface area contributed by atoms with Gasteiger partial charge in [-0.3, -0.25) is 0 Å². The van der Waals surface area contributed by atoms with Gasteiger partial charge in [0.15, 0.2) is 0 Å². The maximum Gasteiger partial charge on any atom is 0.135 e. The summed E-state index contributed by atoms with van der Waals surface area (Å²) in [5.74, 6) is 2.38. The van der Waals surface area contributed by atoms with Crippen molar-refractivity contribution < 1.29 is 4.74 Å². The van der Waals surface area contributed by atoms with E-state index in [0.29, 0.717) is 6.10 Å². The maximum absolute atomic E-state index is 6.08. The van der Waals surface area contributed by atoms with Crippen molar-refractivity contribution in [3.05, 3.63) is 22.7 Å². The van der Waals surface area contributed by atoms with Crippen LogP contribution in [0.5, 0.6) is 5.75 Å². The van der Waals surface area contributed by atoms with E-state index in [1.165, 1.54) is 6.42 Å². The molecule has 2 rings (SSSR count). The summed E-state index contributed by atoms with van der Waals surface area (Å²) in [6, 6.07) is 5.79. The van der Waals surface area contributed by atoms with Crippen molar-refractivity contribution in [2.75, 3.05) is 5.73 Å². The SMILES string of the molecule is CC1CC(C)CC(Oc2cccc(N)c2Br)C1. The van der Waals surface area contributed by atoms with Gasteiger partial charge >= 0.3 is 0 Å². The van der Waals surface area contributed by atoms with E-state index in [2.05, 4.69) is 29.8 Å². The highest BCUT2D eigenvalue weighted by atomic mass is 79.9. The second-order valence-electron chi connectivity index (χ2n) is 5.32. The first-order valence-corrected chi connectivity index (χ1v) is 7.06. The van der Waals surface area contributed by atoms with Crippen LogP contribution in [0.2, 0.25) is 0 Å². The lowest BCUT2D eigenvalue weighted by atomic mass is 9.82. The molecule has 2 atom stereocenters. The lowest BCUT2D eigenvalue weighted by Gasteiger charge is -2.32. The van der Waals surface area contributed by atoms with E-state index < -0.39 is 0 Å². The zero-order valence-electron chi connectivity index (χ0n) is 10.4. The van der Waals surface area contributed by atoms with Crippen LogP contribution in [0.15, 0.2) is 22.7 Å². The van der Waals surface area contributed by atoms with Gasteiger partial charge in [0.05, 0.1) is 10.6 Å². The third-order valence-corrected chi connectivity index (χ3v) is 4.27. The van der Waals surface area contributed by atoms with Crippen molar-refractivity contribution in [2.24, 2.45) is 11.8 Å². The van der Waals surface area contributed by atoms with E-state index in [1.807, 2.05) is 18.2 Å².